The molecule has 3 aromatic rings. The van der Waals surface area contributed by atoms with Crippen LogP contribution < -0.4 is 5.56 Å². The van der Waals surface area contributed by atoms with E-state index in [1.54, 1.807) is 4.57 Å². The first-order valence-corrected chi connectivity index (χ1v) is 6.97. The molecule has 3 rings (SSSR count). The number of hydrogen-bond donors (Lipinski definition) is 0. The summed E-state index contributed by atoms with van der Waals surface area (Å²) in [6, 6.07) is 17.3. The summed E-state index contributed by atoms with van der Waals surface area (Å²) in [7, 11) is 0. The van der Waals surface area contributed by atoms with Crippen molar-refractivity contribution in [3.8, 4) is 11.1 Å². The minimum absolute atomic E-state index is 0.0357. The van der Waals surface area contributed by atoms with E-state index in [0.717, 1.165) is 16.5 Å². The fourth-order valence-corrected chi connectivity index (χ4v) is 2.68. The number of halogens is 1. The van der Waals surface area contributed by atoms with E-state index in [0.29, 0.717) is 17.1 Å². The Bertz CT molecular complexity index is 822. The Morgan fingerprint density at radius 2 is 1.80 bits per heavy atom. The van der Waals surface area contributed by atoms with Crippen molar-refractivity contribution in [3.63, 3.8) is 0 Å². The standard InChI is InChI=1S/C17H14ClNO/c1-2-19-16-9-8-14(18)10-13(16)11-15(17(19)20)12-6-4-3-5-7-12/h3-11H,2H2,1H3. The number of benzene rings is 2. The van der Waals surface area contributed by atoms with Crippen molar-refractivity contribution in [3.05, 3.63) is 70.0 Å². The zero-order valence-corrected chi connectivity index (χ0v) is 11.9. The van der Waals surface area contributed by atoms with E-state index in [9.17, 15) is 4.79 Å². The number of fused-ring (bicyclic) bond motifs is 1. The van der Waals surface area contributed by atoms with Gasteiger partial charge in [0.15, 0.2) is 0 Å². The first-order chi connectivity index (χ1) is 9.70. The molecular weight excluding hydrogens is 270 g/mol. The lowest BCUT2D eigenvalue weighted by Gasteiger charge is -2.11. The Hall–Kier alpha value is -2.06. The molecule has 1 aromatic heterocycles. The molecule has 0 aliphatic heterocycles. The van der Waals surface area contributed by atoms with Crippen LogP contribution in [-0.4, -0.2) is 4.57 Å². The van der Waals surface area contributed by atoms with E-state index in [1.807, 2.05) is 61.5 Å². The predicted octanol–water partition coefficient (Wildman–Crippen LogP) is 4.34. The van der Waals surface area contributed by atoms with Crippen molar-refractivity contribution in [1.29, 1.82) is 0 Å². The number of nitrogens with zero attached hydrogens (tertiary/aromatic N) is 1. The molecule has 0 bridgehead atoms. The van der Waals surface area contributed by atoms with Gasteiger partial charge >= 0.3 is 0 Å². The van der Waals surface area contributed by atoms with Crippen LogP contribution in [0.2, 0.25) is 5.02 Å². The molecule has 2 nitrogen and oxygen atoms in total. The molecule has 100 valence electrons. The van der Waals surface area contributed by atoms with Gasteiger partial charge in [-0.15, -0.1) is 0 Å². The summed E-state index contributed by atoms with van der Waals surface area (Å²) in [5, 5.41) is 1.66. The van der Waals surface area contributed by atoms with Crippen molar-refractivity contribution in [2.24, 2.45) is 0 Å². The Kier molecular flexibility index (Phi) is 3.33. The molecule has 0 amide bonds. The van der Waals surface area contributed by atoms with Crippen LogP contribution in [0.25, 0.3) is 22.0 Å². The zero-order valence-electron chi connectivity index (χ0n) is 11.1. The summed E-state index contributed by atoms with van der Waals surface area (Å²) < 4.78 is 1.79. The van der Waals surface area contributed by atoms with Crippen molar-refractivity contribution in [2.75, 3.05) is 0 Å². The number of rotatable bonds is 2. The third kappa shape index (κ3) is 2.12. The van der Waals surface area contributed by atoms with E-state index in [-0.39, 0.29) is 5.56 Å². The minimum Gasteiger partial charge on any atom is -0.308 e. The third-order valence-corrected chi connectivity index (χ3v) is 3.69. The highest BCUT2D eigenvalue weighted by molar-refractivity contribution is 6.31. The lowest BCUT2D eigenvalue weighted by atomic mass is 10.0. The van der Waals surface area contributed by atoms with Crippen LogP contribution in [-0.2, 0) is 6.54 Å². The summed E-state index contributed by atoms with van der Waals surface area (Å²) in [5.41, 5.74) is 2.60. The molecule has 2 aromatic carbocycles. The molecule has 0 saturated carbocycles. The van der Waals surface area contributed by atoms with Gasteiger partial charge in [-0.1, -0.05) is 41.9 Å². The Labute approximate surface area is 122 Å². The quantitative estimate of drug-likeness (QED) is 0.686. The van der Waals surface area contributed by atoms with Crippen molar-refractivity contribution < 1.29 is 0 Å². The SMILES string of the molecule is CCn1c(=O)c(-c2ccccc2)cc2cc(Cl)ccc21. The summed E-state index contributed by atoms with van der Waals surface area (Å²) in [6.45, 7) is 2.61. The van der Waals surface area contributed by atoms with Gasteiger partial charge in [0.25, 0.3) is 5.56 Å². The maximum absolute atomic E-state index is 12.6. The van der Waals surface area contributed by atoms with Gasteiger partial charge in [0.2, 0.25) is 0 Å². The predicted molar refractivity (Wildman–Crippen MR) is 84.3 cm³/mol. The van der Waals surface area contributed by atoms with E-state index in [1.165, 1.54) is 0 Å². The second-order valence-corrected chi connectivity index (χ2v) is 5.11. The van der Waals surface area contributed by atoms with Crippen LogP contribution in [0.1, 0.15) is 6.92 Å². The average molecular weight is 284 g/mol. The monoisotopic (exact) mass is 283 g/mol. The van der Waals surface area contributed by atoms with Crippen molar-refractivity contribution in [2.45, 2.75) is 13.5 Å². The smallest absolute Gasteiger partial charge is 0.258 e. The molecule has 0 spiro atoms. The highest BCUT2D eigenvalue weighted by atomic mass is 35.5. The van der Waals surface area contributed by atoms with Crippen LogP contribution in [0, 0.1) is 0 Å². The van der Waals surface area contributed by atoms with Gasteiger partial charge in [-0.05, 0) is 36.8 Å². The van der Waals surface area contributed by atoms with Gasteiger partial charge in [0, 0.05) is 22.5 Å². The van der Waals surface area contributed by atoms with Crippen molar-refractivity contribution in [1.82, 2.24) is 4.57 Å². The van der Waals surface area contributed by atoms with Crippen molar-refractivity contribution >= 4 is 22.5 Å². The number of pyridine rings is 1. The fraction of sp³-hybridized carbons (Fsp3) is 0.118. The van der Waals surface area contributed by atoms with Crippen LogP contribution in [0.5, 0.6) is 0 Å². The van der Waals surface area contributed by atoms with Gasteiger partial charge < -0.3 is 4.57 Å². The first kappa shape index (κ1) is 12.9. The van der Waals surface area contributed by atoms with Gasteiger partial charge in [-0.2, -0.15) is 0 Å². The maximum Gasteiger partial charge on any atom is 0.258 e. The molecule has 0 unspecified atom stereocenters. The molecule has 1 heterocycles. The van der Waals surface area contributed by atoms with E-state index in [2.05, 4.69) is 0 Å². The van der Waals surface area contributed by atoms with Gasteiger partial charge in [0.1, 0.15) is 0 Å². The van der Waals surface area contributed by atoms with Crippen LogP contribution in [0.15, 0.2) is 59.4 Å². The Balaban J connectivity index is 2.39. The van der Waals surface area contributed by atoms with E-state index in [4.69, 9.17) is 11.6 Å². The second-order valence-electron chi connectivity index (χ2n) is 4.68. The number of aryl methyl sites for hydroxylation is 1. The largest absolute Gasteiger partial charge is 0.308 e. The topological polar surface area (TPSA) is 22.0 Å². The maximum atomic E-state index is 12.6. The van der Waals surface area contributed by atoms with Gasteiger partial charge in [-0.3, -0.25) is 4.79 Å². The van der Waals surface area contributed by atoms with Gasteiger partial charge in [0.05, 0.1) is 5.52 Å². The Morgan fingerprint density at radius 1 is 1.05 bits per heavy atom. The molecule has 0 N–H and O–H groups in total. The molecule has 0 aliphatic rings. The molecule has 0 saturated heterocycles. The molecule has 0 aliphatic carbocycles. The molecule has 0 fully saturated rings. The van der Waals surface area contributed by atoms with E-state index < -0.39 is 0 Å². The molecule has 3 heteroatoms. The lowest BCUT2D eigenvalue weighted by molar-refractivity contribution is 0.761. The molecular formula is C17H14ClNO. The third-order valence-electron chi connectivity index (χ3n) is 3.46. The Morgan fingerprint density at radius 3 is 2.50 bits per heavy atom. The van der Waals surface area contributed by atoms with Crippen LogP contribution in [0.4, 0.5) is 0 Å². The minimum atomic E-state index is 0.0357. The number of hydrogen-bond acceptors (Lipinski definition) is 1. The lowest BCUT2D eigenvalue weighted by Crippen LogP contribution is -2.21. The average Bonchev–Trinajstić information content (AvgIpc) is 2.48. The van der Waals surface area contributed by atoms with Crippen LogP contribution >= 0.6 is 11.6 Å². The highest BCUT2D eigenvalue weighted by Crippen LogP contribution is 2.23. The zero-order chi connectivity index (χ0) is 14.1. The second kappa shape index (κ2) is 5.14. The van der Waals surface area contributed by atoms with E-state index >= 15 is 0 Å². The summed E-state index contributed by atoms with van der Waals surface area (Å²) >= 11 is 6.06. The normalized spacial score (nSPS) is 10.9. The molecule has 0 radical (unpaired) electrons. The number of aromatic nitrogens is 1. The molecule has 20 heavy (non-hydrogen) atoms. The molecule has 0 atom stereocenters. The van der Waals surface area contributed by atoms with Gasteiger partial charge in [-0.25, -0.2) is 0 Å². The summed E-state index contributed by atoms with van der Waals surface area (Å²) in [4.78, 5) is 12.6. The van der Waals surface area contributed by atoms with Crippen LogP contribution in [0.3, 0.4) is 0 Å². The highest BCUT2D eigenvalue weighted by Gasteiger charge is 2.10. The summed E-state index contributed by atoms with van der Waals surface area (Å²) in [6.07, 6.45) is 0. The fourth-order valence-electron chi connectivity index (χ4n) is 2.50. The summed E-state index contributed by atoms with van der Waals surface area (Å²) in [5.74, 6) is 0. The first-order valence-electron chi connectivity index (χ1n) is 6.59.